The first-order valence-electron chi connectivity index (χ1n) is 11.8. The van der Waals surface area contributed by atoms with E-state index in [1.807, 2.05) is 42.5 Å². The molecule has 0 spiro atoms. The molecule has 194 valence electrons. The normalized spacial score (nSPS) is 11.3. The molecule has 0 saturated carbocycles. The molecule has 1 atom stereocenters. The fraction of sp³-hybridized carbons (Fsp3) is 0.250. The standard InChI is InChI=1S/C28H30ClFN4O3/c1-37-25-13-12-21(20-8-3-2-4-9-20)16-23(25)27(35)34-24(11-6-14-32-26(31)17-30)28(36)33-18-19-7-5-10-22(29)15-19/h2-5,7-10,12-13,15-16,24H,6,11,14,17-18H2,1H3,(H2,31,32)(H,33,36)(H,34,35). The summed E-state index contributed by atoms with van der Waals surface area (Å²) in [5.74, 6) is -0.671. The number of amides is 2. The predicted molar refractivity (Wildman–Crippen MR) is 144 cm³/mol. The Labute approximate surface area is 220 Å². The van der Waals surface area contributed by atoms with Gasteiger partial charge in [0.25, 0.3) is 5.91 Å². The van der Waals surface area contributed by atoms with E-state index in [0.717, 1.165) is 16.7 Å². The molecule has 4 N–H and O–H groups in total. The van der Waals surface area contributed by atoms with Crippen molar-refractivity contribution in [2.45, 2.75) is 25.4 Å². The van der Waals surface area contributed by atoms with Gasteiger partial charge in [0.15, 0.2) is 0 Å². The van der Waals surface area contributed by atoms with Gasteiger partial charge in [-0.2, -0.15) is 0 Å². The molecule has 0 aliphatic heterocycles. The molecule has 0 aromatic heterocycles. The quantitative estimate of drug-likeness (QED) is 0.156. The summed E-state index contributed by atoms with van der Waals surface area (Å²) in [5, 5.41) is 16.3. The number of carbonyl (C=O) groups is 2. The van der Waals surface area contributed by atoms with Crippen molar-refractivity contribution in [1.29, 1.82) is 5.41 Å². The molecule has 7 nitrogen and oxygen atoms in total. The van der Waals surface area contributed by atoms with Crippen LogP contribution in [0.3, 0.4) is 0 Å². The number of carbonyl (C=O) groups excluding carboxylic acids is 2. The zero-order chi connectivity index (χ0) is 26.6. The van der Waals surface area contributed by atoms with E-state index in [-0.39, 0.29) is 24.7 Å². The van der Waals surface area contributed by atoms with Crippen LogP contribution in [0.1, 0.15) is 28.8 Å². The van der Waals surface area contributed by atoms with Crippen molar-refractivity contribution in [3.05, 3.63) is 88.9 Å². The molecule has 3 rings (SSSR count). The molecule has 1 unspecified atom stereocenters. The molecule has 3 aromatic rings. The largest absolute Gasteiger partial charge is 0.496 e. The summed E-state index contributed by atoms with van der Waals surface area (Å²) in [6, 6.07) is 21.2. The van der Waals surface area contributed by atoms with Gasteiger partial charge >= 0.3 is 0 Å². The van der Waals surface area contributed by atoms with Crippen LogP contribution < -0.4 is 20.7 Å². The van der Waals surface area contributed by atoms with Crippen molar-refractivity contribution in [3.63, 3.8) is 0 Å². The first-order chi connectivity index (χ1) is 17.9. The zero-order valence-electron chi connectivity index (χ0n) is 20.5. The Kier molecular flexibility index (Phi) is 10.5. The van der Waals surface area contributed by atoms with Gasteiger partial charge < -0.3 is 20.7 Å². The van der Waals surface area contributed by atoms with Crippen LogP contribution in [0.15, 0.2) is 72.8 Å². The SMILES string of the molecule is COc1ccc(-c2ccccc2)cc1C(=O)NC(CCCNC(=N)CF)C(=O)NCc1cccc(Cl)c1. The van der Waals surface area contributed by atoms with Gasteiger partial charge in [0.05, 0.1) is 12.7 Å². The maximum atomic E-state index is 13.3. The third kappa shape index (κ3) is 8.32. The number of rotatable bonds is 12. The topological polar surface area (TPSA) is 103 Å². The number of methoxy groups -OCH3 is 1. The minimum absolute atomic E-state index is 0.228. The maximum Gasteiger partial charge on any atom is 0.255 e. The molecule has 0 aliphatic rings. The van der Waals surface area contributed by atoms with Crippen LogP contribution in [0.5, 0.6) is 5.75 Å². The van der Waals surface area contributed by atoms with E-state index < -0.39 is 18.6 Å². The van der Waals surface area contributed by atoms with Gasteiger partial charge in [-0.15, -0.1) is 0 Å². The molecule has 0 aliphatic carbocycles. The number of alkyl halides is 1. The van der Waals surface area contributed by atoms with E-state index in [0.29, 0.717) is 29.3 Å². The van der Waals surface area contributed by atoms with Gasteiger partial charge in [0.2, 0.25) is 5.91 Å². The molecular formula is C28H30ClFN4O3. The van der Waals surface area contributed by atoms with Crippen LogP contribution in [0.4, 0.5) is 4.39 Å². The first-order valence-corrected chi connectivity index (χ1v) is 12.2. The van der Waals surface area contributed by atoms with Crippen molar-refractivity contribution < 1.29 is 18.7 Å². The van der Waals surface area contributed by atoms with Crippen LogP contribution in [0.2, 0.25) is 5.02 Å². The Balaban J connectivity index is 1.76. The number of amidine groups is 1. The summed E-state index contributed by atoms with van der Waals surface area (Å²) in [6.45, 7) is -0.356. The van der Waals surface area contributed by atoms with E-state index in [1.54, 1.807) is 30.3 Å². The summed E-state index contributed by atoms with van der Waals surface area (Å²) >= 11 is 6.03. The Morgan fingerprint density at radius 3 is 2.49 bits per heavy atom. The third-order valence-corrected chi connectivity index (χ3v) is 5.91. The highest BCUT2D eigenvalue weighted by atomic mass is 35.5. The van der Waals surface area contributed by atoms with Crippen molar-refractivity contribution in [3.8, 4) is 16.9 Å². The Morgan fingerprint density at radius 1 is 1.00 bits per heavy atom. The highest BCUT2D eigenvalue weighted by molar-refractivity contribution is 6.30. The molecule has 2 amide bonds. The molecular weight excluding hydrogens is 495 g/mol. The molecule has 0 fully saturated rings. The second-order valence-corrected chi connectivity index (χ2v) is 8.77. The van der Waals surface area contributed by atoms with E-state index in [2.05, 4.69) is 16.0 Å². The van der Waals surface area contributed by atoms with Gasteiger partial charge in [-0.3, -0.25) is 15.0 Å². The van der Waals surface area contributed by atoms with Crippen LogP contribution in [-0.4, -0.2) is 44.0 Å². The Morgan fingerprint density at radius 2 is 1.78 bits per heavy atom. The second kappa shape index (κ2) is 14.0. The minimum atomic E-state index is -0.891. The third-order valence-electron chi connectivity index (χ3n) is 5.67. The lowest BCUT2D eigenvalue weighted by Crippen LogP contribution is -2.47. The van der Waals surface area contributed by atoms with E-state index in [1.165, 1.54) is 7.11 Å². The summed E-state index contributed by atoms with van der Waals surface area (Å²) < 4.78 is 18.0. The van der Waals surface area contributed by atoms with Gasteiger partial charge in [-0.05, 0) is 53.8 Å². The number of nitrogens with one attached hydrogen (secondary N) is 4. The number of benzene rings is 3. The molecule has 0 saturated heterocycles. The van der Waals surface area contributed by atoms with Gasteiger partial charge in [0, 0.05) is 18.1 Å². The average Bonchev–Trinajstić information content (AvgIpc) is 2.93. The fourth-order valence-electron chi connectivity index (χ4n) is 3.75. The number of hydrogen-bond acceptors (Lipinski definition) is 4. The highest BCUT2D eigenvalue weighted by Gasteiger charge is 2.23. The Bertz CT molecular complexity index is 1220. The molecule has 0 heterocycles. The van der Waals surface area contributed by atoms with Crippen molar-refractivity contribution in [1.82, 2.24) is 16.0 Å². The molecule has 9 heteroatoms. The molecule has 0 bridgehead atoms. The lowest BCUT2D eigenvalue weighted by Gasteiger charge is -2.20. The fourth-order valence-corrected chi connectivity index (χ4v) is 3.97. The van der Waals surface area contributed by atoms with Crippen LogP contribution in [0, 0.1) is 5.41 Å². The van der Waals surface area contributed by atoms with Crippen molar-refractivity contribution in [2.24, 2.45) is 0 Å². The molecule has 0 radical (unpaired) electrons. The highest BCUT2D eigenvalue weighted by Crippen LogP contribution is 2.27. The summed E-state index contributed by atoms with van der Waals surface area (Å²) in [6.07, 6.45) is 0.708. The van der Waals surface area contributed by atoms with Gasteiger partial charge in [0.1, 0.15) is 24.3 Å². The summed E-state index contributed by atoms with van der Waals surface area (Å²) in [4.78, 5) is 26.4. The van der Waals surface area contributed by atoms with Gasteiger partial charge in [-0.25, -0.2) is 4.39 Å². The lowest BCUT2D eigenvalue weighted by molar-refractivity contribution is -0.123. The summed E-state index contributed by atoms with van der Waals surface area (Å²) in [5.41, 5.74) is 2.90. The smallest absolute Gasteiger partial charge is 0.255 e. The predicted octanol–water partition coefficient (Wildman–Crippen LogP) is 4.75. The maximum absolute atomic E-state index is 13.3. The van der Waals surface area contributed by atoms with Crippen LogP contribution in [-0.2, 0) is 11.3 Å². The van der Waals surface area contributed by atoms with Crippen molar-refractivity contribution in [2.75, 3.05) is 20.3 Å². The van der Waals surface area contributed by atoms with Crippen LogP contribution >= 0.6 is 11.6 Å². The first kappa shape index (κ1) is 27.7. The Hall–Kier alpha value is -3.91. The monoisotopic (exact) mass is 524 g/mol. The minimum Gasteiger partial charge on any atom is -0.496 e. The number of hydrogen-bond donors (Lipinski definition) is 4. The van der Waals surface area contributed by atoms with Gasteiger partial charge in [-0.1, -0.05) is 60.1 Å². The average molecular weight is 525 g/mol. The van der Waals surface area contributed by atoms with E-state index >= 15 is 0 Å². The molecule has 37 heavy (non-hydrogen) atoms. The lowest BCUT2D eigenvalue weighted by atomic mass is 10.0. The second-order valence-electron chi connectivity index (χ2n) is 8.34. The number of halogens is 2. The van der Waals surface area contributed by atoms with Crippen LogP contribution in [0.25, 0.3) is 11.1 Å². The summed E-state index contributed by atoms with van der Waals surface area (Å²) in [7, 11) is 1.48. The van der Waals surface area contributed by atoms with E-state index in [4.69, 9.17) is 21.7 Å². The van der Waals surface area contributed by atoms with E-state index in [9.17, 15) is 14.0 Å². The zero-order valence-corrected chi connectivity index (χ0v) is 21.3. The van der Waals surface area contributed by atoms with Crippen molar-refractivity contribution >= 4 is 29.3 Å². The molecule has 3 aromatic carbocycles. The number of ether oxygens (including phenoxy) is 1.